The minimum absolute atomic E-state index is 0.156. The molecule has 6 nitrogen and oxygen atoms in total. The van der Waals surface area contributed by atoms with Crippen LogP contribution in [0.15, 0.2) is 82.2 Å². The molecule has 1 aliphatic heterocycles. The summed E-state index contributed by atoms with van der Waals surface area (Å²) in [5.74, 6) is -1.61. The van der Waals surface area contributed by atoms with Gasteiger partial charge in [-0.25, -0.2) is 9.69 Å². The zero-order valence-corrected chi connectivity index (χ0v) is 20.9. The van der Waals surface area contributed by atoms with Crippen LogP contribution < -0.4 is 10.2 Å². The van der Waals surface area contributed by atoms with Gasteiger partial charge in [0.15, 0.2) is 0 Å². The number of thioether (sulfide) groups is 1. The molecule has 3 aromatic carbocycles. The number of imide groups is 1. The SMILES string of the molecule is CCOC(=O)c1ccccc1N1C(=O)C(Nc2ccc(C)cc2C)=C(Sc2ccc(C)cc2)C1=O. The van der Waals surface area contributed by atoms with Crippen molar-refractivity contribution in [1.82, 2.24) is 0 Å². The number of carbonyl (C=O) groups is 3. The van der Waals surface area contributed by atoms with Gasteiger partial charge < -0.3 is 10.1 Å². The van der Waals surface area contributed by atoms with Crippen LogP contribution in [0.2, 0.25) is 0 Å². The van der Waals surface area contributed by atoms with Gasteiger partial charge in [-0.3, -0.25) is 9.59 Å². The van der Waals surface area contributed by atoms with Gasteiger partial charge in [-0.05, 0) is 63.6 Å². The molecule has 0 atom stereocenters. The summed E-state index contributed by atoms with van der Waals surface area (Å²) < 4.78 is 5.16. The number of ether oxygens (including phenoxy) is 1. The molecular formula is C28H26N2O4S. The monoisotopic (exact) mass is 486 g/mol. The highest BCUT2D eigenvalue weighted by Crippen LogP contribution is 2.39. The van der Waals surface area contributed by atoms with Gasteiger partial charge in [-0.15, -0.1) is 0 Å². The van der Waals surface area contributed by atoms with E-state index in [-0.39, 0.29) is 28.5 Å². The van der Waals surface area contributed by atoms with Crippen LogP contribution in [0.5, 0.6) is 0 Å². The Morgan fingerprint density at radius 1 is 0.914 bits per heavy atom. The number of hydrogen-bond acceptors (Lipinski definition) is 6. The Hall–Kier alpha value is -3.84. The lowest BCUT2D eigenvalue weighted by molar-refractivity contribution is -0.120. The lowest BCUT2D eigenvalue weighted by atomic mass is 10.1. The third-order valence-corrected chi connectivity index (χ3v) is 6.65. The van der Waals surface area contributed by atoms with Crippen molar-refractivity contribution in [2.45, 2.75) is 32.6 Å². The standard InChI is InChI=1S/C28H26N2O4S/c1-5-34-28(33)21-8-6-7-9-23(21)30-26(31)24(29-22-15-12-18(3)16-19(22)4)25(27(30)32)35-20-13-10-17(2)11-14-20/h6-16,29H,5H2,1-4H3. The Morgan fingerprint density at radius 2 is 1.60 bits per heavy atom. The molecular weight excluding hydrogens is 460 g/mol. The Morgan fingerprint density at radius 3 is 2.29 bits per heavy atom. The lowest BCUT2D eigenvalue weighted by Crippen LogP contribution is -2.33. The second kappa shape index (κ2) is 10.2. The predicted octanol–water partition coefficient (Wildman–Crippen LogP) is 5.78. The van der Waals surface area contributed by atoms with E-state index < -0.39 is 17.8 Å². The third-order valence-electron chi connectivity index (χ3n) is 5.56. The molecule has 0 bridgehead atoms. The fraction of sp³-hybridized carbons (Fsp3) is 0.179. The van der Waals surface area contributed by atoms with Crippen molar-refractivity contribution in [2.75, 3.05) is 16.8 Å². The quantitative estimate of drug-likeness (QED) is 0.337. The minimum atomic E-state index is -0.591. The summed E-state index contributed by atoms with van der Waals surface area (Å²) in [5, 5.41) is 3.20. The van der Waals surface area contributed by atoms with E-state index in [9.17, 15) is 14.4 Å². The van der Waals surface area contributed by atoms with Crippen molar-refractivity contribution >= 4 is 40.9 Å². The second-order valence-electron chi connectivity index (χ2n) is 8.25. The van der Waals surface area contributed by atoms with Crippen LogP contribution in [0.1, 0.15) is 34.0 Å². The van der Waals surface area contributed by atoms with Crippen LogP contribution in [0.25, 0.3) is 0 Å². The van der Waals surface area contributed by atoms with E-state index in [1.807, 2.05) is 63.2 Å². The number of amides is 2. The first kappa shape index (κ1) is 24.3. The number of nitrogens with zero attached hydrogens (tertiary/aromatic N) is 1. The lowest BCUT2D eigenvalue weighted by Gasteiger charge is -2.18. The molecule has 178 valence electrons. The average Bonchev–Trinajstić information content (AvgIpc) is 3.06. The Balaban J connectivity index is 1.79. The highest BCUT2D eigenvalue weighted by molar-refractivity contribution is 8.04. The first-order chi connectivity index (χ1) is 16.8. The van der Waals surface area contributed by atoms with Crippen LogP contribution in [0, 0.1) is 20.8 Å². The largest absolute Gasteiger partial charge is 0.462 e. The molecule has 35 heavy (non-hydrogen) atoms. The minimum Gasteiger partial charge on any atom is -0.462 e. The van der Waals surface area contributed by atoms with Crippen LogP contribution >= 0.6 is 11.8 Å². The summed E-state index contributed by atoms with van der Waals surface area (Å²) in [7, 11) is 0. The molecule has 4 rings (SSSR count). The molecule has 0 aliphatic carbocycles. The van der Waals surface area contributed by atoms with E-state index in [4.69, 9.17) is 4.74 Å². The number of anilines is 2. The van der Waals surface area contributed by atoms with Gasteiger partial charge in [0.05, 0.1) is 17.9 Å². The zero-order valence-electron chi connectivity index (χ0n) is 20.0. The van der Waals surface area contributed by atoms with Gasteiger partial charge in [0.25, 0.3) is 11.8 Å². The first-order valence-corrected chi connectivity index (χ1v) is 12.1. The molecule has 0 saturated carbocycles. The fourth-order valence-electron chi connectivity index (χ4n) is 3.80. The molecule has 3 aromatic rings. The number of benzene rings is 3. The van der Waals surface area contributed by atoms with Gasteiger partial charge >= 0.3 is 5.97 Å². The van der Waals surface area contributed by atoms with Crippen molar-refractivity contribution in [3.63, 3.8) is 0 Å². The highest BCUT2D eigenvalue weighted by atomic mass is 32.2. The maximum Gasteiger partial charge on any atom is 0.340 e. The molecule has 0 spiro atoms. The van der Waals surface area contributed by atoms with Crippen molar-refractivity contribution in [3.8, 4) is 0 Å². The van der Waals surface area contributed by atoms with E-state index in [0.29, 0.717) is 0 Å². The Kier molecular flexibility index (Phi) is 7.07. The number of esters is 1. The van der Waals surface area contributed by atoms with Gasteiger partial charge in [0, 0.05) is 10.6 Å². The first-order valence-electron chi connectivity index (χ1n) is 11.3. The molecule has 0 unspecified atom stereocenters. The van der Waals surface area contributed by atoms with Crippen LogP contribution in [-0.2, 0) is 14.3 Å². The fourth-order valence-corrected chi connectivity index (χ4v) is 4.72. The molecule has 0 saturated heterocycles. The van der Waals surface area contributed by atoms with Crippen molar-refractivity contribution < 1.29 is 19.1 Å². The van der Waals surface area contributed by atoms with E-state index in [0.717, 1.165) is 32.2 Å². The summed E-state index contributed by atoms with van der Waals surface area (Å²) >= 11 is 1.22. The summed E-state index contributed by atoms with van der Waals surface area (Å²) in [6, 6.07) is 20.0. The normalized spacial score (nSPS) is 13.4. The molecule has 2 amide bonds. The molecule has 0 aromatic heterocycles. The summed E-state index contributed by atoms with van der Waals surface area (Å²) in [5.41, 5.74) is 4.39. The summed E-state index contributed by atoms with van der Waals surface area (Å²) in [4.78, 5) is 42.1. The van der Waals surface area contributed by atoms with Crippen LogP contribution in [0.3, 0.4) is 0 Å². The molecule has 1 N–H and O–H groups in total. The van der Waals surface area contributed by atoms with Crippen molar-refractivity contribution in [2.24, 2.45) is 0 Å². The Labute approximate surface area is 209 Å². The highest BCUT2D eigenvalue weighted by Gasteiger charge is 2.41. The zero-order chi connectivity index (χ0) is 25.1. The topological polar surface area (TPSA) is 75.7 Å². The number of rotatable bonds is 7. The average molecular weight is 487 g/mol. The van der Waals surface area contributed by atoms with Crippen molar-refractivity contribution in [1.29, 1.82) is 0 Å². The van der Waals surface area contributed by atoms with E-state index in [2.05, 4.69) is 5.32 Å². The van der Waals surface area contributed by atoms with Gasteiger partial charge in [0.2, 0.25) is 0 Å². The number of para-hydroxylation sites is 1. The predicted molar refractivity (Wildman–Crippen MR) is 138 cm³/mol. The van der Waals surface area contributed by atoms with Crippen molar-refractivity contribution in [3.05, 3.63) is 99.6 Å². The molecule has 0 fully saturated rings. The smallest absolute Gasteiger partial charge is 0.340 e. The summed E-state index contributed by atoms with van der Waals surface area (Å²) in [6.45, 7) is 7.81. The molecule has 1 heterocycles. The van der Waals surface area contributed by atoms with Gasteiger partial charge in [-0.2, -0.15) is 0 Å². The number of hydrogen-bond donors (Lipinski definition) is 1. The van der Waals surface area contributed by atoms with Crippen LogP contribution in [-0.4, -0.2) is 24.4 Å². The number of aryl methyl sites for hydroxylation is 3. The molecule has 7 heteroatoms. The number of carbonyl (C=O) groups excluding carboxylic acids is 3. The maximum atomic E-state index is 13.7. The van der Waals surface area contributed by atoms with Gasteiger partial charge in [-0.1, -0.05) is 59.3 Å². The van der Waals surface area contributed by atoms with E-state index in [1.165, 1.54) is 11.8 Å². The second-order valence-corrected chi connectivity index (χ2v) is 9.33. The maximum absolute atomic E-state index is 13.7. The summed E-state index contributed by atoms with van der Waals surface area (Å²) in [6.07, 6.45) is 0. The van der Waals surface area contributed by atoms with Gasteiger partial charge in [0.1, 0.15) is 10.6 Å². The number of nitrogens with one attached hydrogen (secondary N) is 1. The Bertz CT molecular complexity index is 1350. The molecule has 0 radical (unpaired) electrons. The van der Waals surface area contributed by atoms with Crippen LogP contribution in [0.4, 0.5) is 11.4 Å². The van der Waals surface area contributed by atoms with E-state index in [1.54, 1.807) is 31.2 Å². The third kappa shape index (κ3) is 5.00. The molecule has 1 aliphatic rings. The van der Waals surface area contributed by atoms with E-state index >= 15 is 0 Å².